The van der Waals surface area contributed by atoms with Crippen molar-refractivity contribution in [3.63, 3.8) is 0 Å². The van der Waals surface area contributed by atoms with Crippen LogP contribution in [0.3, 0.4) is 0 Å². The molecule has 1 unspecified atom stereocenters. The highest BCUT2D eigenvalue weighted by atomic mass is 16.5. The summed E-state index contributed by atoms with van der Waals surface area (Å²) >= 11 is 0. The van der Waals surface area contributed by atoms with Gasteiger partial charge in [0.2, 0.25) is 17.6 Å². The van der Waals surface area contributed by atoms with Crippen molar-refractivity contribution in [1.29, 1.82) is 5.26 Å². The van der Waals surface area contributed by atoms with E-state index in [9.17, 15) is 10.1 Å². The summed E-state index contributed by atoms with van der Waals surface area (Å²) in [6.07, 6.45) is 6.55. The number of ether oxygens (including phenoxy) is 1. The summed E-state index contributed by atoms with van der Waals surface area (Å²) in [5.74, 6) is -0.508. The Kier molecular flexibility index (Phi) is 4.64. The SMILES string of the molecule is Cn1nc(-c2cccnc2)c2c1OC(N)=C(C#N)C2c1ccc(-n2ccnc2C(N)=O)cc1. The Labute approximate surface area is 188 Å². The second kappa shape index (κ2) is 7.65. The number of pyridine rings is 1. The van der Waals surface area contributed by atoms with Gasteiger partial charge < -0.3 is 16.2 Å². The van der Waals surface area contributed by atoms with Crippen LogP contribution in [0.25, 0.3) is 16.9 Å². The lowest BCUT2D eigenvalue weighted by Gasteiger charge is -2.25. The maximum atomic E-state index is 11.7. The van der Waals surface area contributed by atoms with Crippen molar-refractivity contribution in [2.75, 3.05) is 0 Å². The molecule has 33 heavy (non-hydrogen) atoms. The molecular formula is C23H18N8O2. The predicted octanol–water partition coefficient (Wildman–Crippen LogP) is 1.98. The maximum Gasteiger partial charge on any atom is 0.285 e. The number of carbonyl (C=O) groups is 1. The minimum absolute atomic E-state index is 0.0328. The Morgan fingerprint density at radius 1 is 1.21 bits per heavy atom. The number of nitrogens with two attached hydrogens (primary N) is 2. The van der Waals surface area contributed by atoms with Gasteiger partial charge >= 0.3 is 0 Å². The van der Waals surface area contributed by atoms with Crippen LogP contribution < -0.4 is 16.2 Å². The quantitative estimate of drug-likeness (QED) is 0.494. The zero-order valence-electron chi connectivity index (χ0n) is 17.5. The van der Waals surface area contributed by atoms with E-state index < -0.39 is 11.8 Å². The average Bonchev–Trinajstić information content (AvgIpc) is 3.44. The molecule has 4 N–H and O–H groups in total. The summed E-state index contributed by atoms with van der Waals surface area (Å²) in [4.78, 5) is 19.9. The summed E-state index contributed by atoms with van der Waals surface area (Å²) < 4.78 is 9.00. The number of allylic oxidation sites excluding steroid dienone is 1. The first-order valence-corrected chi connectivity index (χ1v) is 9.98. The molecule has 3 aromatic heterocycles. The van der Waals surface area contributed by atoms with Crippen molar-refractivity contribution in [2.24, 2.45) is 18.5 Å². The highest BCUT2D eigenvalue weighted by Gasteiger charge is 2.36. The molecule has 1 aliphatic heterocycles. The van der Waals surface area contributed by atoms with E-state index in [0.29, 0.717) is 17.3 Å². The smallest absolute Gasteiger partial charge is 0.285 e. The number of benzene rings is 1. The van der Waals surface area contributed by atoms with Crippen LogP contribution in [0.4, 0.5) is 0 Å². The largest absolute Gasteiger partial charge is 0.422 e. The zero-order chi connectivity index (χ0) is 23.1. The van der Waals surface area contributed by atoms with Gasteiger partial charge in [-0.3, -0.25) is 14.3 Å². The van der Waals surface area contributed by atoms with Crippen molar-refractivity contribution in [3.8, 4) is 28.9 Å². The molecule has 0 radical (unpaired) electrons. The van der Waals surface area contributed by atoms with Crippen molar-refractivity contribution >= 4 is 5.91 Å². The molecule has 1 atom stereocenters. The van der Waals surface area contributed by atoms with Gasteiger partial charge in [0.1, 0.15) is 17.3 Å². The number of primary amides is 1. The van der Waals surface area contributed by atoms with Gasteiger partial charge in [0.25, 0.3) is 5.91 Å². The van der Waals surface area contributed by atoms with E-state index in [1.807, 2.05) is 36.4 Å². The zero-order valence-corrected chi connectivity index (χ0v) is 17.5. The molecule has 0 saturated carbocycles. The number of hydrogen-bond donors (Lipinski definition) is 2. The molecule has 10 nitrogen and oxygen atoms in total. The molecule has 10 heteroatoms. The monoisotopic (exact) mass is 438 g/mol. The van der Waals surface area contributed by atoms with E-state index in [2.05, 4.69) is 21.1 Å². The fraction of sp³-hybridized carbons (Fsp3) is 0.0870. The van der Waals surface area contributed by atoms with Crippen LogP contribution in [0.5, 0.6) is 5.88 Å². The van der Waals surface area contributed by atoms with Gasteiger partial charge in [-0.2, -0.15) is 10.4 Å². The summed E-state index contributed by atoms with van der Waals surface area (Å²) in [6.45, 7) is 0. The lowest BCUT2D eigenvalue weighted by Crippen LogP contribution is -2.22. The molecule has 4 aromatic rings. The van der Waals surface area contributed by atoms with Crippen LogP contribution in [0.1, 0.15) is 27.7 Å². The molecule has 0 saturated heterocycles. The van der Waals surface area contributed by atoms with Gasteiger partial charge in [0.15, 0.2) is 0 Å². The Hall–Kier alpha value is -4.91. The van der Waals surface area contributed by atoms with E-state index in [1.165, 1.54) is 6.20 Å². The highest BCUT2D eigenvalue weighted by molar-refractivity contribution is 5.89. The second-order valence-corrected chi connectivity index (χ2v) is 7.43. The molecule has 1 aliphatic rings. The first-order valence-electron chi connectivity index (χ1n) is 9.98. The topological polar surface area (TPSA) is 151 Å². The fourth-order valence-electron chi connectivity index (χ4n) is 4.04. The third-order valence-corrected chi connectivity index (χ3v) is 5.50. The number of carbonyl (C=O) groups excluding carboxylic acids is 1. The van der Waals surface area contributed by atoms with Crippen LogP contribution in [-0.4, -0.2) is 30.2 Å². The number of nitriles is 1. The number of fused-ring (bicyclic) bond motifs is 1. The molecule has 162 valence electrons. The van der Waals surface area contributed by atoms with Gasteiger partial charge in [0, 0.05) is 43.1 Å². The van der Waals surface area contributed by atoms with Crippen LogP contribution >= 0.6 is 0 Å². The van der Waals surface area contributed by atoms with Crippen molar-refractivity contribution < 1.29 is 9.53 Å². The van der Waals surface area contributed by atoms with E-state index in [1.54, 1.807) is 34.9 Å². The number of hydrogen-bond acceptors (Lipinski definition) is 7. The Morgan fingerprint density at radius 2 is 2.00 bits per heavy atom. The molecule has 4 heterocycles. The van der Waals surface area contributed by atoms with Gasteiger partial charge in [-0.15, -0.1) is 0 Å². The molecule has 0 fully saturated rings. The number of amides is 1. The second-order valence-electron chi connectivity index (χ2n) is 7.43. The Bertz CT molecular complexity index is 1440. The lowest BCUT2D eigenvalue weighted by molar-refractivity contribution is 0.0989. The fourth-order valence-corrected chi connectivity index (χ4v) is 4.04. The Morgan fingerprint density at radius 3 is 2.67 bits per heavy atom. The summed E-state index contributed by atoms with van der Waals surface area (Å²) in [7, 11) is 1.76. The standard InChI is InChI=1S/C23H18N8O2/c1-30-23-18(19(29-30)14-3-2-8-27-12-14)17(16(11-24)21(26)33-23)13-4-6-15(7-5-13)31-10-9-28-22(31)20(25)32/h2-10,12,17H,26H2,1H3,(H2,25,32). The number of imidazole rings is 1. The number of aryl methyl sites for hydroxylation is 1. The third-order valence-electron chi connectivity index (χ3n) is 5.50. The predicted molar refractivity (Wildman–Crippen MR) is 118 cm³/mol. The first kappa shape index (κ1) is 20.0. The highest BCUT2D eigenvalue weighted by Crippen LogP contribution is 2.46. The van der Waals surface area contributed by atoms with Crippen molar-refractivity contribution in [2.45, 2.75) is 5.92 Å². The molecule has 5 rings (SSSR count). The minimum Gasteiger partial charge on any atom is -0.422 e. The third kappa shape index (κ3) is 3.19. The maximum absolute atomic E-state index is 11.7. The molecular weight excluding hydrogens is 420 g/mol. The van der Waals surface area contributed by atoms with E-state index >= 15 is 0 Å². The lowest BCUT2D eigenvalue weighted by atomic mass is 9.83. The van der Waals surface area contributed by atoms with E-state index in [0.717, 1.165) is 16.7 Å². The minimum atomic E-state index is -0.628. The Balaban J connectivity index is 1.66. The first-order chi connectivity index (χ1) is 16.0. The van der Waals surface area contributed by atoms with E-state index in [4.69, 9.17) is 16.2 Å². The molecule has 1 amide bonds. The normalized spacial score (nSPS) is 15.0. The van der Waals surface area contributed by atoms with Crippen LogP contribution in [0, 0.1) is 11.3 Å². The number of aromatic nitrogens is 5. The summed E-state index contributed by atoms with van der Waals surface area (Å²) in [6, 6.07) is 13.3. The van der Waals surface area contributed by atoms with Gasteiger partial charge in [-0.1, -0.05) is 12.1 Å². The van der Waals surface area contributed by atoms with Crippen LogP contribution in [-0.2, 0) is 7.05 Å². The summed E-state index contributed by atoms with van der Waals surface area (Å²) in [5, 5.41) is 14.5. The van der Waals surface area contributed by atoms with Crippen LogP contribution in [0.15, 0.2) is 72.6 Å². The molecule has 0 spiro atoms. The van der Waals surface area contributed by atoms with Gasteiger partial charge in [-0.05, 0) is 29.8 Å². The molecule has 1 aromatic carbocycles. The van der Waals surface area contributed by atoms with Gasteiger partial charge in [0.05, 0.1) is 11.5 Å². The molecule has 0 aliphatic carbocycles. The average molecular weight is 438 g/mol. The summed E-state index contributed by atoms with van der Waals surface area (Å²) in [5.41, 5.74) is 15.5. The van der Waals surface area contributed by atoms with Gasteiger partial charge in [-0.25, -0.2) is 9.67 Å². The molecule has 0 bridgehead atoms. The number of nitrogens with zero attached hydrogens (tertiary/aromatic N) is 6. The van der Waals surface area contributed by atoms with Crippen molar-refractivity contribution in [3.05, 3.63) is 89.6 Å². The number of rotatable bonds is 4. The van der Waals surface area contributed by atoms with E-state index in [-0.39, 0.29) is 17.3 Å². The van der Waals surface area contributed by atoms with Crippen molar-refractivity contribution in [1.82, 2.24) is 24.3 Å². The van der Waals surface area contributed by atoms with Crippen LogP contribution in [0.2, 0.25) is 0 Å².